The molecule has 0 saturated carbocycles. The molecule has 154 valence electrons. The van der Waals surface area contributed by atoms with Crippen molar-refractivity contribution in [3.63, 3.8) is 0 Å². The van der Waals surface area contributed by atoms with Gasteiger partial charge in [-0.2, -0.15) is 0 Å². The lowest BCUT2D eigenvalue weighted by atomic mass is 10.2. The van der Waals surface area contributed by atoms with Gasteiger partial charge in [0.2, 0.25) is 0 Å². The molecule has 0 N–H and O–H groups in total. The standard InChI is InChI=1S/C24H29FO3Si/c1-23(2,3)29(17-12-8-6-9-13-17,18-14-10-7-11-15-18)28-21-19(25)16-20-22(21)27-24(4,5)26-20/h6-16,20-22H,1-5H3/t20-,21+,22-/m1/s1. The molecule has 1 heterocycles. The van der Waals surface area contributed by atoms with Crippen molar-refractivity contribution >= 4 is 18.7 Å². The van der Waals surface area contributed by atoms with Crippen molar-refractivity contribution in [2.45, 2.75) is 63.8 Å². The lowest BCUT2D eigenvalue weighted by Gasteiger charge is -2.45. The van der Waals surface area contributed by atoms with Crippen LogP contribution in [-0.2, 0) is 13.9 Å². The van der Waals surface area contributed by atoms with Crippen LogP contribution in [0.5, 0.6) is 0 Å². The van der Waals surface area contributed by atoms with Crippen LogP contribution < -0.4 is 10.4 Å². The third-order valence-electron chi connectivity index (χ3n) is 5.78. The maximum atomic E-state index is 15.1. The SMILES string of the molecule is CC1(C)O[C@@H]2[C@@H](C=C(F)[C@@H]2O[Si](c2ccccc2)(c2ccccc2)C(C)(C)C)O1. The van der Waals surface area contributed by atoms with Gasteiger partial charge in [0.25, 0.3) is 8.32 Å². The molecule has 1 saturated heterocycles. The zero-order chi connectivity index (χ0) is 20.9. The second-order valence-corrected chi connectivity index (χ2v) is 13.6. The molecule has 0 bridgehead atoms. The van der Waals surface area contributed by atoms with E-state index in [9.17, 15) is 0 Å². The first kappa shape index (κ1) is 20.5. The topological polar surface area (TPSA) is 27.7 Å². The van der Waals surface area contributed by atoms with Gasteiger partial charge in [-0.15, -0.1) is 0 Å². The maximum Gasteiger partial charge on any atom is 0.262 e. The fourth-order valence-corrected chi connectivity index (χ4v) is 9.24. The summed E-state index contributed by atoms with van der Waals surface area (Å²) in [6.45, 7) is 10.3. The molecule has 2 aromatic carbocycles. The first-order valence-corrected chi connectivity index (χ1v) is 12.1. The molecule has 29 heavy (non-hydrogen) atoms. The van der Waals surface area contributed by atoms with Crippen molar-refractivity contribution in [2.75, 3.05) is 0 Å². The van der Waals surface area contributed by atoms with E-state index in [0.29, 0.717) is 0 Å². The highest BCUT2D eigenvalue weighted by Crippen LogP contribution is 2.44. The highest BCUT2D eigenvalue weighted by molar-refractivity contribution is 6.99. The molecular formula is C24H29FO3Si. The van der Waals surface area contributed by atoms with Crippen molar-refractivity contribution in [1.29, 1.82) is 0 Å². The molecule has 0 unspecified atom stereocenters. The Morgan fingerprint density at radius 1 is 0.897 bits per heavy atom. The predicted octanol–water partition coefficient (Wildman–Crippen LogP) is 4.32. The Kier molecular flexibility index (Phi) is 5.06. The van der Waals surface area contributed by atoms with Crippen LogP contribution in [0.2, 0.25) is 5.04 Å². The minimum absolute atomic E-state index is 0.233. The summed E-state index contributed by atoms with van der Waals surface area (Å²) in [7, 11) is -2.88. The third kappa shape index (κ3) is 3.50. The fourth-order valence-electron chi connectivity index (χ4n) is 4.59. The van der Waals surface area contributed by atoms with Crippen LogP contribution in [0.25, 0.3) is 0 Å². The first-order valence-electron chi connectivity index (χ1n) is 10.2. The first-order chi connectivity index (χ1) is 13.6. The molecule has 3 atom stereocenters. The van der Waals surface area contributed by atoms with E-state index >= 15 is 4.39 Å². The van der Waals surface area contributed by atoms with Crippen molar-refractivity contribution in [3.05, 3.63) is 72.6 Å². The van der Waals surface area contributed by atoms with Crippen LogP contribution in [0, 0.1) is 0 Å². The van der Waals surface area contributed by atoms with Crippen molar-refractivity contribution in [2.24, 2.45) is 0 Å². The molecule has 0 aromatic heterocycles. The van der Waals surface area contributed by atoms with Crippen LogP contribution in [0.15, 0.2) is 72.6 Å². The summed E-state index contributed by atoms with van der Waals surface area (Å²) < 4.78 is 34.0. The molecule has 2 aliphatic rings. The zero-order valence-electron chi connectivity index (χ0n) is 17.7. The fraction of sp³-hybridized carbons (Fsp3) is 0.417. The van der Waals surface area contributed by atoms with E-state index in [4.69, 9.17) is 13.9 Å². The largest absolute Gasteiger partial charge is 0.395 e. The van der Waals surface area contributed by atoms with E-state index in [0.717, 1.165) is 10.4 Å². The summed E-state index contributed by atoms with van der Waals surface area (Å²) in [4.78, 5) is 0. The number of benzene rings is 2. The molecule has 5 heteroatoms. The monoisotopic (exact) mass is 412 g/mol. The van der Waals surface area contributed by atoms with Crippen LogP contribution in [0.1, 0.15) is 34.6 Å². The molecule has 4 rings (SSSR count). The average Bonchev–Trinajstić information content (AvgIpc) is 3.10. The maximum absolute atomic E-state index is 15.1. The van der Waals surface area contributed by atoms with Gasteiger partial charge in [-0.1, -0.05) is 81.4 Å². The molecular weight excluding hydrogens is 383 g/mol. The Bertz CT molecular complexity index is 850. The van der Waals surface area contributed by atoms with E-state index in [1.54, 1.807) is 0 Å². The normalized spacial score (nSPS) is 26.3. The zero-order valence-corrected chi connectivity index (χ0v) is 18.7. The van der Waals surface area contributed by atoms with E-state index in [1.165, 1.54) is 6.08 Å². The smallest absolute Gasteiger partial charge is 0.262 e. The number of halogens is 1. The molecule has 0 amide bonds. The molecule has 3 nitrogen and oxygen atoms in total. The van der Waals surface area contributed by atoms with Crippen LogP contribution in [0.3, 0.4) is 0 Å². The quantitative estimate of drug-likeness (QED) is 0.700. The highest BCUT2D eigenvalue weighted by atomic mass is 28.4. The summed E-state index contributed by atoms with van der Waals surface area (Å²) in [5.74, 6) is -1.05. The van der Waals surface area contributed by atoms with Gasteiger partial charge in [-0.25, -0.2) is 4.39 Å². The Balaban J connectivity index is 1.85. The van der Waals surface area contributed by atoms with Gasteiger partial charge in [0.05, 0.1) is 0 Å². The van der Waals surface area contributed by atoms with Crippen LogP contribution in [-0.4, -0.2) is 32.4 Å². The van der Waals surface area contributed by atoms with E-state index < -0.39 is 32.4 Å². The minimum atomic E-state index is -2.88. The van der Waals surface area contributed by atoms with Gasteiger partial charge in [0, 0.05) is 0 Å². The summed E-state index contributed by atoms with van der Waals surface area (Å²) in [5, 5.41) is 2.00. The Hall–Kier alpha value is -1.79. The molecule has 2 aromatic rings. The Labute approximate surface area is 173 Å². The van der Waals surface area contributed by atoms with E-state index in [-0.39, 0.29) is 10.9 Å². The highest BCUT2D eigenvalue weighted by Gasteiger charge is 2.57. The lowest BCUT2D eigenvalue weighted by molar-refractivity contribution is -0.153. The van der Waals surface area contributed by atoms with E-state index in [1.807, 2.05) is 50.2 Å². The average molecular weight is 413 g/mol. The summed E-state index contributed by atoms with van der Waals surface area (Å²) in [5.41, 5.74) is 0. The minimum Gasteiger partial charge on any atom is -0.395 e. The van der Waals surface area contributed by atoms with Gasteiger partial charge < -0.3 is 13.9 Å². The second kappa shape index (κ2) is 7.17. The van der Waals surface area contributed by atoms with Gasteiger partial charge in [0.1, 0.15) is 24.1 Å². The van der Waals surface area contributed by atoms with Crippen molar-refractivity contribution in [3.8, 4) is 0 Å². The summed E-state index contributed by atoms with van der Waals surface area (Å²) in [6, 6.07) is 20.5. The molecule has 0 radical (unpaired) electrons. The van der Waals surface area contributed by atoms with Gasteiger partial charge in [0.15, 0.2) is 5.79 Å². The number of rotatable bonds is 4. The van der Waals surface area contributed by atoms with Crippen molar-refractivity contribution in [1.82, 2.24) is 0 Å². The summed E-state index contributed by atoms with van der Waals surface area (Å²) in [6.07, 6.45) is -0.171. The number of hydrogen-bond acceptors (Lipinski definition) is 3. The van der Waals surface area contributed by atoms with E-state index in [2.05, 4.69) is 45.0 Å². The third-order valence-corrected chi connectivity index (χ3v) is 10.8. The summed E-state index contributed by atoms with van der Waals surface area (Å²) >= 11 is 0. The second-order valence-electron chi connectivity index (χ2n) is 9.32. The molecule has 0 spiro atoms. The molecule has 1 aliphatic heterocycles. The molecule has 1 fully saturated rings. The van der Waals surface area contributed by atoms with Gasteiger partial charge >= 0.3 is 0 Å². The number of ether oxygens (including phenoxy) is 2. The van der Waals surface area contributed by atoms with Crippen molar-refractivity contribution < 1.29 is 18.3 Å². The number of fused-ring (bicyclic) bond motifs is 1. The van der Waals surface area contributed by atoms with Gasteiger partial charge in [-0.3, -0.25) is 0 Å². The van der Waals surface area contributed by atoms with Gasteiger partial charge in [-0.05, 0) is 35.3 Å². The predicted molar refractivity (Wildman–Crippen MR) is 116 cm³/mol. The van der Waals surface area contributed by atoms with Crippen LogP contribution in [0.4, 0.5) is 4.39 Å². The Morgan fingerprint density at radius 2 is 1.41 bits per heavy atom. The number of hydrogen-bond donors (Lipinski definition) is 0. The molecule has 1 aliphatic carbocycles. The van der Waals surface area contributed by atoms with Crippen LogP contribution >= 0.6 is 0 Å². The Morgan fingerprint density at radius 3 is 1.90 bits per heavy atom. The lowest BCUT2D eigenvalue weighted by Crippen LogP contribution is -2.68.